The van der Waals surface area contributed by atoms with Crippen LogP contribution in [-0.2, 0) is 8.92 Å². The van der Waals surface area contributed by atoms with Gasteiger partial charge in [-0.05, 0) is 37.0 Å². The minimum Gasteiger partial charge on any atom is -0.376 e. The number of hydrogen-bond donors (Lipinski definition) is 1. The van der Waals surface area contributed by atoms with Gasteiger partial charge in [0, 0.05) is 30.8 Å². The summed E-state index contributed by atoms with van der Waals surface area (Å²) in [5.41, 5.74) is 1.92. The van der Waals surface area contributed by atoms with Crippen molar-refractivity contribution >= 4 is 16.3 Å². The van der Waals surface area contributed by atoms with Crippen LogP contribution in [0.15, 0.2) is 24.3 Å². The van der Waals surface area contributed by atoms with Crippen LogP contribution in [-0.4, -0.2) is 49.0 Å². The molecule has 0 radical (unpaired) electrons. The van der Waals surface area contributed by atoms with Crippen LogP contribution in [0.2, 0.25) is 0 Å². The van der Waals surface area contributed by atoms with Crippen molar-refractivity contribution in [1.82, 2.24) is 0 Å². The predicted octanol–water partition coefficient (Wildman–Crippen LogP) is 3.92. The molecule has 1 aromatic rings. The molecular weight excluding hydrogens is 329 g/mol. The third kappa shape index (κ3) is 2.46. The zero-order valence-corrected chi connectivity index (χ0v) is 15.1. The molecule has 0 aromatic heterocycles. The summed E-state index contributed by atoms with van der Waals surface area (Å²) in [6.07, 6.45) is 2.65. The van der Waals surface area contributed by atoms with Gasteiger partial charge in [0.05, 0.1) is 30.9 Å². The van der Waals surface area contributed by atoms with Crippen molar-refractivity contribution in [2.45, 2.75) is 36.7 Å². The van der Waals surface area contributed by atoms with Gasteiger partial charge in [0.1, 0.15) is 0 Å². The molecular formula is C18H26FNO3S. The topological polar surface area (TPSA) is 41.9 Å². The maximum absolute atomic E-state index is 13.4. The Morgan fingerprint density at radius 3 is 2.50 bits per heavy atom. The quantitative estimate of drug-likeness (QED) is 0.840. The summed E-state index contributed by atoms with van der Waals surface area (Å²) in [7, 11) is 1.43. The highest BCUT2D eigenvalue weighted by molar-refractivity contribution is 8.26. The summed E-state index contributed by atoms with van der Waals surface area (Å²) in [4.78, 5) is 2.37. The van der Waals surface area contributed by atoms with E-state index in [1.807, 2.05) is 0 Å². The largest absolute Gasteiger partial charge is 0.376 e. The van der Waals surface area contributed by atoms with Crippen molar-refractivity contribution < 1.29 is 17.9 Å². The third-order valence-electron chi connectivity index (χ3n) is 6.09. The molecule has 3 unspecified atom stereocenters. The lowest BCUT2D eigenvalue weighted by Gasteiger charge is -2.44. The lowest BCUT2D eigenvalue weighted by Crippen LogP contribution is -2.39. The Morgan fingerprint density at radius 2 is 2.04 bits per heavy atom. The maximum atomic E-state index is 13.4. The Bertz CT molecular complexity index is 609. The molecule has 0 amide bonds. The first-order chi connectivity index (χ1) is 11.5. The summed E-state index contributed by atoms with van der Waals surface area (Å²) in [5.74, 6) is 0.738. The molecule has 2 saturated heterocycles. The van der Waals surface area contributed by atoms with Crippen molar-refractivity contribution in [3.63, 3.8) is 0 Å². The molecule has 0 spiro atoms. The van der Waals surface area contributed by atoms with Crippen molar-refractivity contribution in [3.05, 3.63) is 29.8 Å². The average molecular weight is 355 g/mol. The number of anilines is 1. The van der Waals surface area contributed by atoms with Gasteiger partial charge in [0.15, 0.2) is 0 Å². The van der Waals surface area contributed by atoms with Crippen LogP contribution in [0.25, 0.3) is 0 Å². The van der Waals surface area contributed by atoms with E-state index in [4.69, 9.17) is 8.92 Å². The summed E-state index contributed by atoms with van der Waals surface area (Å²) in [6.45, 7) is 0.535. The lowest BCUT2D eigenvalue weighted by molar-refractivity contribution is 0.0271. The van der Waals surface area contributed by atoms with Crippen LogP contribution in [0.4, 0.5) is 10.1 Å². The average Bonchev–Trinajstić information content (AvgIpc) is 3.18. The van der Waals surface area contributed by atoms with Gasteiger partial charge in [-0.1, -0.05) is 12.1 Å². The van der Waals surface area contributed by atoms with Gasteiger partial charge in [0.2, 0.25) is 0 Å². The van der Waals surface area contributed by atoms with Gasteiger partial charge in [-0.2, -0.15) is 10.6 Å². The lowest BCUT2D eigenvalue weighted by atomic mass is 9.93. The highest BCUT2D eigenvalue weighted by atomic mass is 32.3. The van der Waals surface area contributed by atoms with E-state index in [0.717, 1.165) is 37.1 Å². The van der Waals surface area contributed by atoms with Gasteiger partial charge < -0.3 is 9.64 Å². The number of fused-ring (bicyclic) bond motifs is 2. The molecule has 2 heterocycles. The standard InChI is InChI=1S/C18H26FNO3S/c1-22-17(18(12-19)7-8-18)13-3-5-14(6-4-13)20-10-16-9-15(20)11-24(16,21)23-2/h3-6,15-17,21H,7-12H2,1-2H3/t15?,16-,17?/m0/s1. The second-order valence-corrected chi connectivity index (χ2v) is 10.1. The van der Waals surface area contributed by atoms with Crippen molar-refractivity contribution in [1.29, 1.82) is 0 Å². The molecule has 4 nitrogen and oxygen atoms in total. The van der Waals surface area contributed by atoms with E-state index >= 15 is 0 Å². The fraction of sp³-hybridized carbons (Fsp3) is 0.667. The molecule has 24 heavy (non-hydrogen) atoms. The molecule has 6 heteroatoms. The smallest absolute Gasteiger partial charge is 0.0978 e. The van der Waals surface area contributed by atoms with E-state index in [1.165, 1.54) is 5.69 Å². The van der Waals surface area contributed by atoms with E-state index in [1.54, 1.807) is 14.2 Å². The molecule has 2 aliphatic heterocycles. The molecule has 4 rings (SSSR count). The van der Waals surface area contributed by atoms with Crippen LogP contribution in [0.3, 0.4) is 0 Å². The van der Waals surface area contributed by atoms with Crippen molar-refractivity contribution in [3.8, 4) is 0 Å². The second-order valence-electron chi connectivity index (χ2n) is 7.39. The minimum absolute atomic E-state index is 0.158. The van der Waals surface area contributed by atoms with Gasteiger partial charge in [-0.25, -0.2) is 0 Å². The summed E-state index contributed by atoms with van der Waals surface area (Å²) in [5, 5.41) is 0.250. The Labute approximate surface area is 144 Å². The van der Waals surface area contributed by atoms with Crippen molar-refractivity contribution in [2.24, 2.45) is 5.41 Å². The number of alkyl halides is 1. The van der Waals surface area contributed by atoms with Gasteiger partial charge >= 0.3 is 0 Å². The SMILES string of the molecule is COC(c1ccc(N2C[C@@H]3CC2CS3(O)OC)cc1)C1(CF)CC1. The third-order valence-corrected chi connectivity index (χ3v) is 8.92. The number of halogens is 1. The Balaban J connectivity index is 1.50. The Kier molecular flexibility index (Phi) is 4.07. The molecule has 1 aromatic carbocycles. The van der Waals surface area contributed by atoms with E-state index in [9.17, 15) is 8.94 Å². The minimum atomic E-state index is -1.87. The van der Waals surface area contributed by atoms with E-state index in [2.05, 4.69) is 29.2 Å². The monoisotopic (exact) mass is 355 g/mol. The number of hydrogen-bond acceptors (Lipinski definition) is 4. The van der Waals surface area contributed by atoms with Gasteiger partial charge in [-0.3, -0.25) is 13.1 Å². The molecule has 134 valence electrons. The van der Waals surface area contributed by atoms with E-state index in [0.29, 0.717) is 6.04 Å². The van der Waals surface area contributed by atoms with Crippen LogP contribution >= 0.6 is 10.6 Å². The predicted molar refractivity (Wildman–Crippen MR) is 95.5 cm³/mol. The van der Waals surface area contributed by atoms with Crippen molar-refractivity contribution in [2.75, 3.05) is 38.1 Å². The summed E-state index contributed by atoms with van der Waals surface area (Å²) in [6, 6.07) is 8.72. The normalized spacial score (nSPS) is 37.2. The molecule has 1 aliphatic carbocycles. The number of rotatable bonds is 6. The van der Waals surface area contributed by atoms with E-state index < -0.39 is 10.6 Å². The molecule has 1 saturated carbocycles. The highest BCUT2D eigenvalue weighted by Gasteiger charge is 2.51. The summed E-state index contributed by atoms with van der Waals surface area (Å²) < 4.78 is 34.9. The molecule has 2 bridgehead atoms. The highest BCUT2D eigenvalue weighted by Crippen LogP contribution is 2.61. The number of methoxy groups -OCH3 is 1. The molecule has 1 N–H and O–H groups in total. The zero-order chi connectivity index (χ0) is 16.9. The van der Waals surface area contributed by atoms with Crippen LogP contribution < -0.4 is 4.90 Å². The molecule has 4 atom stereocenters. The first-order valence-corrected chi connectivity index (χ1v) is 10.3. The number of benzene rings is 1. The molecule has 3 fully saturated rings. The summed E-state index contributed by atoms with van der Waals surface area (Å²) >= 11 is 0. The fourth-order valence-electron chi connectivity index (χ4n) is 4.44. The zero-order valence-electron chi connectivity index (χ0n) is 14.3. The van der Waals surface area contributed by atoms with Crippen LogP contribution in [0, 0.1) is 5.41 Å². The second kappa shape index (κ2) is 5.87. The maximum Gasteiger partial charge on any atom is 0.0978 e. The Hall–Kier alpha value is -0.820. The van der Waals surface area contributed by atoms with Crippen LogP contribution in [0.5, 0.6) is 0 Å². The number of ether oxygens (including phenoxy) is 1. The molecule has 3 aliphatic rings. The van der Waals surface area contributed by atoms with Gasteiger partial charge in [-0.15, -0.1) is 0 Å². The van der Waals surface area contributed by atoms with Gasteiger partial charge in [0.25, 0.3) is 0 Å². The first kappa shape index (κ1) is 16.6. The Morgan fingerprint density at radius 1 is 1.33 bits per heavy atom. The fourth-order valence-corrected chi connectivity index (χ4v) is 6.90. The number of nitrogens with zero attached hydrogens (tertiary/aromatic N) is 1. The first-order valence-electron chi connectivity index (χ1n) is 8.58. The van der Waals surface area contributed by atoms with Crippen LogP contribution in [0.1, 0.15) is 30.9 Å². The van der Waals surface area contributed by atoms with E-state index in [-0.39, 0.29) is 23.4 Å².